The summed E-state index contributed by atoms with van der Waals surface area (Å²) in [4.78, 5) is 12.2. The largest absolute Gasteiger partial charge is 0.417 e. The van der Waals surface area contributed by atoms with Crippen LogP contribution in [0, 0.1) is 46.3 Å². The number of carbonyl (C=O) groups excluding carboxylic acids is 1. The molecular weight excluding hydrogens is 456 g/mol. The van der Waals surface area contributed by atoms with Crippen LogP contribution in [0.5, 0.6) is 0 Å². The Kier molecular flexibility index (Phi) is 8.17. The molecule has 0 heterocycles. The van der Waals surface area contributed by atoms with Gasteiger partial charge in [-0.05, 0) is 109 Å². The molecule has 0 aromatic rings. The van der Waals surface area contributed by atoms with E-state index in [0.29, 0.717) is 33.5 Å². The van der Waals surface area contributed by atoms with Gasteiger partial charge < -0.3 is 4.43 Å². The molecule has 8 atom stereocenters. The maximum atomic E-state index is 12.2. The van der Waals surface area contributed by atoms with Crippen molar-refractivity contribution in [1.29, 1.82) is 0 Å². The normalized spacial score (nSPS) is 38.6. The first-order valence-corrected chi connectivity index (χ1v) is 18.5. The van der Waals surface area contributed by atoms with Gasteiger partial charge in [-0.1, -0.05) is 73.0 Å². The van der Waals surface area contributed by atoms with Crippen molar-refractivity contribution in [3.05, 3.63) is 11.6 Å². The summed E-state index contributed by atoms with van der Waals surface area (Å²) in [6, 6.07) is 0. The van der Waals surface area contributed by atoms with Gasteiger partial charge in [0.15, 0.2) is 8.32 Å². The van der Waals surface area contributed by atoms with Crippen LogP contribution in [0.2, 0.25) is 18.1 Å². The summed E-state index contributed by atoms with van der Waals surface area (Å²) in [5.41, 5.74) is 2.71. The predicted molar refractivity (Wildman–Crippen MR) is 156 cm³/mol. The van der Waals surface area contributed by atoms with Crippen LogP contribution in [0.15, 0.2) is 11.6 Å². The highest BCUT2D eigenvalue weighted by Gasteiger charge is 2.58. The molecule has 36 heavy (non-hydrogen) atoms. The molecule has 4 unspecified atom stereocenters. The summed E-state index contributed by atoms with van der Waals surface area (Å²) in [6.45, 7) is 22.9. The molecule has 0 amide bonds. The Balaban J connectivity index is 1.32. The smallest absolute Gasteiger partial charge is 0.191 e. The van der Waals surface area contributed by atoms with Crippen molar-refractivity contribution in [2.24, 2.45) is 46.3 Å². The maximum absolute atomic E-state index is 12.2. The molecule has 4 aliphatic carbocycles. The standard InChI is InChI=1S/C33H58O2Si/c1-23(22-35-36(8,9)31(3,4)5)11-10-12-24(2)28-15-16-29-27-14-13-25-21-26(34)17-19-32(25,6)30(27)18-20-33(28,29)7/h14,23-25,28-30H,10-13,15-22H2,1-9H3/t23?,24-,25+,28?,29?,30?,32+,33-/m1/s1. The second-order valence-corrected chi connectivity index (χ2v) is 20.6. The summed E-state index contributed by atoms with van der Waals surface area (Å²) in [5.74, 6) is 5.04. The number of ketones is 1. The summed E-state index contributed by atoms with van der Waals surface area (Å²) in [7, 11) is -1.64. The van der Waals surface area contributed by atoms with E-state index in [4.69, 9.17) is 4.43 Å². The van der Waals surface area contributed by atoms with Gasteiger partial charge in [-0.15, -0.1) is 0 Å². The first kappa shape index (κ1) is 28.6. The van der Waals surface area contributed by atoms with Gasteiger partial charge >= 0.3 is 0 Å². The number of rotatable bonds is 8. The highest BCUT2D eigenvalue weighted by Crippen LogP contribution is 2.66. The second kappa shape index (κ2) is 10.3. The van der Waals surface area contributed by atoms with E-state index in [1.54, 1.807) is 0 Å². The lowest BCUT2D eigenvalue weighted by Crippen LogP contribution is -2.49. The molecule has 4 rings (SSSR count). The fourth-order valence-corrected chi connectivity index (χ4v) is 10.1. The fraction of sp³-hybridized carbons (Fsp3) is 0.909. The Hall–Kier alpha value is -0.413. The third-order valence-electron chi connectivity index (χ3n) is 12.5. The zero-order valence-electron chi connectivity index (χ0n) is 25.3. The number of hydrogen-bond acceptors (Lipinski definition) is 2. The molecule has 206 valence electrons. The number of hydrogen-bond donors (Lipinski definition) is 0. The van der Waals surface area contributed by atoms with Gasteiger partial charge in [-0.25, -0.2) is 0 Å². The van der Waals surface area contributed by atoms with Crippen LogP contribution in [0.4, 0.5) is 0 Å². The minimum absolute atomic E-state index is 0.301. The molecule has 0 aliphatic heterocycles. The zero-order valence-corrected chi connectivity index (χ0v) is 26.3. The van der Waals surface area contributed by atoms with Crippen LogP contribution in [-0.2, 0) is 9.22 Å². The first-order chi connectivity index (χ1) is 16.7. The Morgan fingerprint density at radius 2 is 1.72 bits per heavy atom. The third-order valence-corrected chi connectivity index (χ3v) is 17.0. The lowest BCUT2D eigenvalue weighted by atomic mass is 9.47. The quantitative estimate of drug-likeness (QED) is 0.238. The first-order valence-electron chi connectivity index (χ1n) is 15.5. The van der Waals surface area contributed by atoms with Gasteiger partial charge in [0.2, 0.25) is 0 Å². The van der Waals surface area contributed by atoms with Crippen LogP contribution >= 0.6 is 0 Å². The lowest BCUT2D eigenvalue weighted by molar-refractivity contribution is -0.127. The highest BCUT2D eigenvalue weighted by atomic mass is 28.4. The van der Waals surface area contributed by atoms with Gasteiger partial charge in [0.05, 0.1) is 0 Å². The number of Topliss-reactive ketones (excluding diaryl/α,β-unsaturated/α-hetero) is 1. The van der Waals surface area contributed by atoms with Gasteiger partial charge in [-0.3, -0.25) is 4.79 Å². The zero-order chi connectivity index (χ0) is 26.5. The Morgan fingerprint density at radius 3 is 2.42 bits per heavy atom. The van der Waals surface area contributed by atoms with E-state index in [9.17, 15) is 4.79 Å². The van der Waals surface area contributed by atoms with E-state index in [-0.39, 0.29) is 0 Å². The minimum atomic E-state index is -1.64. The van der Waals surface area contributed by atoms with E-state index < -0.39 is 8.32 Å². The van der Waals surface area contributed by atoms with Crippen molar-refractivity contribution in [2.45, 2.75) is 137 Å². The molecular formula is C33H58O2Si. The number of allylic oxidation sites excluding steroid dienone is 2. The lowest BCUT2D eigenvalue weighted by Gasteiger charge is -2.57. The van der Waals surface area contributed by atoms with Gasteiger partial charge in [0.25, 0.3) is 0 Å². The van der Waals surface area contributed by atoms with E-state index in [1.807, 2.05) is 5.57 Å². The van der Waals surface area contributed by atoms with Crippen molar-refractivity contribution in [1.82, 2.24) is 0 Å². The maximum Gasteiger partial charge on any atom is 0.191 e. The molecule has 0 aromatic heterocycles. The molecule has 0 saturated heterocycles. The Morgan fingerprint density at radius 1 is 1.03 bits per heavy atom. The van der Waals surface area contributed by atoms with Gasteiger partial charge in [0.1, 0.15) is 5.78 Å². The summed E-state index contributed by atoms with van der Waals surface area (Å²) >= 11 is 0. The molecule has 0 aromatic carbocycles. The van der Waals surface area contributed by atoms with Crippen molar-refractivity contribution in [3.8, 4) is 0 Å². The molecule has 0 spiro atoms. The summed E-state index contributed by atoms with van der Waals surface area (Å²) in [6.07, 6.45) is 16.3. The molecule has 0 radical (unpaired) electrons. The number of fused-ring (bicyclic) bond motifs is 5. The third kappa shape index (κ3) is 5.23. The van der Waals surface area contributed by atoms with Crippen LogP contribution in [0.1, 0.15) is 119 Å². The van der Waals surface area contributed by atoms with Gasteiger partial charge in [0, 0.05) is 19.4 Å². The molecule has 4 aliphatic rings. The molecule has 3 saturated carbocycles. The van der Waals surface area contributed by atoms with Crippen molar-refractivity contribution >= 4 is 14.1 Å². The highest BCUT2D eigenvalue weighted by molar-refractivity contribution is 6.74. The van der Waals surface area contributed by atoms with Crippen LogP contribution in [-0.4, -0.2) is 20.7 Å². The Labute approximate surface area is 224 Å². The fourth-order valence-electron chi connectivity index (χ4n) is 8.92. The van der Waals surface area contributed by atoms with Crippen molar-refractivity contribution < 1.29 is 9.22 Å². The van der Waals surface area contributed by atoms with Gasteiger partial charge in [-0.2, -0.15) is 0 Å². The topological polar surface area (TPSA) is 26.3 Å². The molecule has 0 N–H and O–H groups in total. The summed E-state index contributed by atoms with van der Waals surface area (Å²) in [5, 5.41) is 0.301. The SMILES string of the molecule is CC(CCC[C@@H](C)C1CCC2C3=CC[C@H]4CC(=O)CC[C@]4(C)C3CC[C@@]21C)CO[Si](C)(C)C(C)(C)C. The van der Waals surface area contributed by atoms with Crippen LogP contribution in [0.25, 0.3) is 0 Å². The van der Waals surface area contributed by atoms with Crippen LogP contribution in [0.3, 0.4) is 0 Å². The molecule has 3 heteroatoms. The summed E-state index contributed by atoms with van der Waals surface area (Å²) < 4.78 is 6.52. The van der Waals surface area contributed by atoms with Crippen LogP contribution < -0.4 is 0 Å². The predicted octanol–water partition coefficient (Wildman–Crippen LogP) is 9.60. The monoisotopic (exact) mass is 514 g/mol. The average molecular weight is 515 g/mol. The van der Waals surface area contributed by atoms with Crippen molar-refractivity contribution in [3.63, 3.8) is 0 Å². The Bertz CT molecular complexity index is 837. The molecule has 2 nitrogen and oxygen atoms in total. The number of carbonyl (C=O) groups is 1. The molecule has 3 fully saturated rings. The van der Waals surface area contributed by atoms with Crippen molar-refractivity contribution in [2.75, 3.05) is 6.61 Å². The van der Waals surface area contributed by atoms with E-state index in [1.165, 1.54) is 44.9 Å². The van der Waals surface area contributed by atoms with E-state index >= 15 is 0 Å². The van der Waals surface area contributed by atoms with E-state index in [0.717, 1.165) is 56.0 Å². The van der Waals surface area contributed by atoms with E-state index in [2.05, 4.69) is 67.6 Å². The minimum Gasteiger partial charge on any atom is -0.417 e. The average Bonchev–Trinajstić information content (AvgIpc) is 3.15. The molecule has 0 bridgehead atoms. The second-order valence-electron chi connectivity index (χ2n) is 15.8.